The first kappa shape index (κ1) is 12.3. The maximum absolute atomic E-state index is 9.61. The molecule has 2 aliphatic heterocycles. The van der Waals surface area contributed by atoms with E-state index < -0.39 is 0 Å². The number of nitriles is 1. The van der Waals surface area contributed by atoms with E-state index in [4.69, 9.17) is 9.47 Å². The van der Waals surface area contributed by atoms with Crippen molar-refractivity contribution in [2.24, 2.45) is 0 Å². The molecule has 0 saturated heterocycles. The average molecular weight is 259 g/mol. The van der Waals surface area contributed by atoms with Gasteiger partial charge in [-0.05, 0) is 6.42 Å². The molecule has 0 aliphatic carbocycles. The van der Waals surface area contributed by atoms with Crippen LogP contribution in [0.5, 0.6) is 11.5 Å². The molecule has 100 valence electrons. The number of hydrogen-bond donors (Lipinski definition) is 1. The van der Waals surface area contributed by atoms with Gasteiger partial charge in [-0.25, -0.2) is 0 Å². The van der Waals surface area contributed by atoms with E-state index in [0.717, 1.165) is 47.5 Å². The average Bonchev–Trinajstić information content (AvgIpc) is 3.07. The molecule has 1 N–H and O–H groups in total. The lowest BCUT2D eigenvalue weighted by atomic mass is 9.86. The Morgan fingerprint density at radius 3 is 2.53 bits per heavy atom. The van der Waals surface area contributed by atoms with Crippen molar-refractivity contribution < 1.29 is 14.6 Å². The third-order valence-electron chi connectivity index (χ3n) is 4.08. The summed E-state index contributed by atoms with van der Waals surface area (Å²) in [6.07, 6.45) is 2.40. The number of hydrogen-bond acceptors (Lipinski definition) is 4. The van der Waals surface area contributed by atoms with Crippen LogP contribution in [0.4, 0.5) is 0 Å². The van der Waals surface area contributed by atoms with E-state index in [-0.39, 0.29) is 12.5 Å². The van der Waals surface area contributed by atoms with Crippen molar-refractivity contribution in [3.8, 4) is 17.6 Å². The van der Waals surface area contributed by atoms with Gasteiger partial charge in [0.1, 0.15) is 23.1 Å². The number of fused-ring (bicyclic) bond motifs is 2. The summed E-state index contributed by atoms with van der Waals surface area (Å²) in [5.74, 6) is 1.63. The molecule has 0 amide bonds. The van der Waals surface area contributed by atoms with Gasteiger partial charge in [-0.3, -0.25) is 0 Å². The Kier molecular flexibility index (Phi) is 3.08. The van der Waals surface area contributed by atoms with Crippen LogP contribution >= 0.6 is 0 Å². The molecule has 1 atom stereocenters. The molecule has 0 aromatic heterocycles. The van der Waals surface area contributed by atoms with Crippen molar-refractivity contribution in [3.63, 3.8) is 0 Å². The molecule has 1 aromatic rings. The van der Waals surface area contributed by atoms with Crippen LogP contribution in [0.3, 0.4) is 0 Å². The Morgan fingerprint density at radius 1 is 1.21 bits per heavy atom. The van der Waals surface area contributed by atoms with Crippen LogP contribution in [0.2, 0.25) is 0 Å². The maximum Gasteiger partial charge on any atom is 0.141 e. The number of aliphatic hydroxyl groups excluding tert-OH is 1. The molecule has 4 heteroatoms. The van der Waals surface area contributed by atoms with Gasteiger partial charge in [0.05, 0.1) is 19.8 Å². The summed E-state index contributed by atoms with van der Waals surface area (Å²) < 4.78 is 11.4. The molecule has 1 unspecified atom stereocenters. The van der Waals surface area contributed by atoms with Crippen molar-refractivity contribution in [2.45, 2.75) is 32.1 Å². The van der Waals surface area contributed by atoms with Crippen LogP contribution in [0.25, 0.3) is 0 Å². The molecular formula is C15H17NO3. The summed E-state index contributed by atoms with van der Waals surface area (Å²) in [5, 5.41) is 19.0. The van der Waals surface area contributed by atoms with E-state index in [2.05, 4.69) is 13.0 Å². The van der Waals surface area contributed by atoms with E-state index in [1.807, 2.05) is 0 Å². The van der Waals surface area contributed by atoms with Crippen LogP contribution in [0.1, 0.15) is 41.5 Å². The van der Waals surface area contributed by atoms with E-state index >= 15 is 0 Å². The standard InChI is InChI=1S/C15H17NO3/c1-2-9(8-17)13-11-4-6-18-14(11)12(7-16)10-3-5-19-15(10)13/h9,17H,2-6,8H2,1H3. The first-order chi connectivity index (χ1) is 9.31. The Labute approximate surface area is 112 Å². The summed E-state index contributed by atoms with van der Waals surface area (Å²) in [6, 6.07) is 2.26. The third-order valence-corrected chi connectivity index (χ3v) is 4.08. The fourth-order valence-corrected chi connectivity index (χ4v) is 3.12. The van der Waals surface area contributed by atoms with Crippen LogP contribution < -0.4 is 9.47 Å². The number of nitrogens with zero attached hydrogens (tertiary/aromatic N) is 1. The first-order valence-electron chi connectivity index (χ1n) is 6.79. The van der Waals surface area contributed by atoms with Gasteiger partial charge in [0.2, 0.25) is 0 Å². The number of rotatable bonds is 3. The summed E-state index contributed by atoms with van der Waals surface area (Å²) in [7, 11) is 0. The van der Waals surface area contributed by atoms with E-state index in [1.54, 1.807) is 0 Å². The lowest BCUT2D eigenvalue weighted by molar-refractivity contribution is 0.257. The van der Waals surface area contributed by atoms with Crippen molar-refractivity contribution in [1.82, 2.24) is 0 Å². The molecule has 19 heavy (non-hydrogen) atoms. The highest BCUT2D eigenvalue weighted by molar-refractivity contribution is 5.66. The minimum absolute atomic E-state index is 0.0649. The number of ether oxygens (including phenoxy) is 2. The van der Waals surface area contributed by atoms with Crippen LogP contribution in [-0.4, -0.2) is 24.9 Å². The molecule has 0 bridgehead atoms. The fourth-order valence-electron chi connectivity index (χ4n) is 3.12. The highest BCUT2D eigenvalue weighted by Gasteiger charge is 2.33. The van der Waals surface area contributed by atoms with Gasteiger partial charge < -0.3 is 14.6 Å². The molecule has 0 fully saturated rings. The molecular weight excluding hydrogens is 242 g/mol. The number of benzene rings is 1. The SMILES string of the molecule is CCC(CO)c1c2c(c(C#N)c3c1OCC3)OCC2. The second kappa shape index (κ2) is 4.75. The van der Waals surface area contributed by atoms with Gasteiger partial charge in [-0.15, -0.1) is 0 Å². The van der Waals surface area contributed by atoms with Gasteiger partial charge in [0.15, 0.2) is 0 Å². The van der Waals surface area contributed by atoms with Crippen molar-refractivity contribution in [1.29, 1.82) is 5.26 Å². The number of aliphatic hydroxyl groups is 1. The van der Waals surface area contributed by atoms with Gasteiger partial charge in [0, 0.05) is 35.4 Å². The lowest BCUT2D eigenvalue weighted by Gasteiger charge is -2.20. The molecule has 0 saturated carbocycles. The summed E-state index contributed by atoms with van der Waals surface area (Å²) >= 11 is 0. The Hall–Kier alpha value is -1.73. The molecule has 3 rings (SSSR count). The second-order valence-corrected chi connectivity index (χ2v) is 5.00. The summed E-state index contributed by atoms with van der Waals surface area (Å²) in [4.78, 5) is 0. The van der Waals surface area contributed by atoms with Gasteiger partial charge in [-0.1, -0.05) is 6.92 Å². The Bertz CT molecular complexity index is 520. The van der Waals surface area contributed by atoms with Crippen LogP contribution in [0.15, 0.2) is 0 Å². The maximum atomic E-state index is 9.61. The second-order valence-electron chi connectivity index (χ2n) is 5.00. The van der Waals surface area contributed by atoms with E-state index in [1.165, 1.54) is 0 Å². The highest BCUT2D eigenvalue weighted by Crippen LogP contribution is 2.47. The third kappa shape index (κ3) is 1.69. The zero-order valence-electron chi connectivity index (χ0n) is 11.0. The zero-order valence-corrected chi connectivity index (χ0v) is 11.0. The van der Waals surface area contributed by atoms with E-state index in [0.29, 0.717) is 18.8 Å². The molecule has 1 aromatic carbocycles. The smallest absolute Gasteiger partial charge is 0.141 e. The van der Waals surface area contributed by atoms with Crippen molar-refractivity contribution in [2.75, 3.05) is 19.8 Å². The predicted molar refractivity (Wildman–Crippen MR) is 69.7 cm³/mol. The van der Waals surface area contributed by atoms with Crippen molar-refractivity contribution in [3.05, 3.63) is 22.3 Å². The fraction of sp³-hybridized carbons (Fsp3) is 0.533. The van der Waals surface area contributed by atoms with Crippen molar-refractivity contribution >= 4 is 0 Å². The molecule has 2 heterocycles. The molecule has 4 nitrogen and oxygen atoms in total. The van der Waals surface area contributed by atoms with Crippen LogP contribution in [-0.2, 0) is 12.8 Å². The minimum Gasteiger partial charge on any atom is -0.493 e. The predicted octanol–water partition coefficient (Wildman–Crippen LogP) is 1.91. The van der Waals surface area contributed by atoms with E-state index in [9.17, 15) is 10.4 Å². The first-order valence-corrected chi connectivity index (χ1v) is 6.79. The molecule has 0 radical (unpaired) electrons. The van der Waals surface area contributed by atoms with Gasteiger partial charge >= 0.3 is 0 Å². The molecule has 2 aliphatic rings. The Balaban J connectivity index is 2.28. The Morgan fingerprint density at radius 2 is 1.89 bits per heavy atom. The monoisotopic (exact) mass is 259 g/mol. The minimum atomic E-state index is 0.0649. The largest absolute Gasteiger partial charge is 0.493 e. The summed E-state index contributed by atoms with van der Waals surface area (Å²) in [5.41, 5.74) is 3.74. The summed E-state index contributed by atoms with van der Waals surface area (Å²) in [6.45, 7) is 3.39. The zero-order chi connectivity index (χ0) is 13.4. The lowest BCUT2D eigenvalue weighted by Crippen LogP contribution is -2.08. The topological polar surface area (TPSA) is 62.5 Å². The van der Waals surface area contributed by atoms with Gasteiger partial charge in [-0.2, -0.15) is 5.26 Å². The molecule has 0 spiro atoms. The van der Waals surface area contributed by atoms with Crippen LogP contribution in [0, 0.1) is 11.3 Å². The highest BCUT2D eigenvalue weighted by atomic mass is 16.5. The normalized spacial score (nSPS) is 17.1. The quantitative estimate of drug-likeness (QED) is 0.900. The van der Waals surface area contributed by atoms with Gasteiger partial charge in [0.25, 0.3) is 0 Å².